The summed E-state index contributed by atoms with van der Waals surface area (Å²) in [6.07, 6.45) is 0. The van der Waals surface area contributed by atoms with Crippen LogP contribution >= 0.6 is 0 Å². The quantitative estimate of drug-likeness (QED) is 0.753. The second-order valence-corrected chi connectivity index (χ2v) is 4.31. The number of aromatic carboxylic acids is 1. The van der Waals surface area contributed by atoms with Crippen molar-refractivity contribution in [3.63, 3.8) is 0 Å². The van der Waals surface area contributed by atoms with E-state index in [0.29, 0.717) is 5.69 Å². The number of anilines is 3. The Balaban J connectivity index is 2.35. The molecule has 0 bridgehead atoms. The molecule has 6 heteroatoms. The van der Waals surface area contributed by atoms with Gasteiger partial charge in [-0.25, -0.2) is 13.6 Å². The summed E-state index contributed by atoms with van der Waals surface area (Å²) in [6, 6.07) is 6.06. The van der Waals surface area contributed by atoms with Gasteiger partial charge in [-0.3, -0.25) is 0 Å². The molecule has 0 aliphatic rings. The Morgan fingerprint density at radius 1 is 1.15 bits per heavy atom. The van der Waals surface area contributed by atoms with E-state index in [0.717, 1.165) is 12.1 Å². The second-order valence-electron chi connectivity index (χ2n) is 4.31. The molecule has 0 aromatic heterocycles. The van der Waals surface area contributed by atoms with Crippen molar-refractivity contribution in [1.29, 1.82) is 0 Å². The smallest absolute Gasteiger partial charge is 0.335 e. The maximum absolute atomic E-state index is 13.7. The monoisotopic (exact) mass is 278 g/mol. The first kappa shape index (κ1) is 13.8. The van der Waals surface area contributed by atoms with Gasteiger partial charge in [0.05, 0.1) is 22.6 Å². The van der Waals surface area contributed by atoms with E-state index < -0.39 is 17.6 Å². The lowest BCUT2D eigenvalue weighted by Gasteiger charge is -2.11. The van der Waals surface area contributed by atoms with Gasteiger partial charge < -0.3 is 16.2 Å². The van der Waals surface area contributed by atoms with Crippen molar-refractivity contribution < 1.29 is 18.7 Å². The number of carboxylic acids is 1. The highest BCUT2D eigenvalue weighted by Crippen LogP contribution is 2.27. The Morgan fingerprint density at radius 3 is 2.45 bits per heavy atom. The van der Waals surface area contributed by atoms with Crippen molar-refractivity contribution >= 4 is 23.0 Å². The molecule has 20 heavy (non-hydrogen) atoms. The zero-order valence-electron chi connectivity index (χ0n) is 10.6. The summed E-state index contributed by atoms with van der Waals surface area (Å²) in [4.78, 5) is 10.8. The molecule has 2 rings (SSSR count). The predicted octanol–water partition coefficient (Wildman–Crippen LogP) is 3.30. The van der Waals surface area contributed by atoms with E-state index >= 15 is 0 Å². The normalized spacial score (nSPS) is 10.3. The number of hydrogen-bond acceptors (Lipinski definition) is 3. The van der Waals surface area contributed by atoms with Crippen LogP contribution in [0.2, 0.25) is 0 Å². The van der Waals surface area contributed by atoms with E-state index in [1.807, 2.05) is 0 Å². The summed E-state index contributed by atoms with van der Waals surface area (Å²) in [5.41, 5.74) is 6.26. The zero-order valence-corrected chi connectivity index (χ0v) is 10.6. The number of nitrogen functional groups attached to an aromatic ring is 1. The minimum absolute atomic E-state index is 0.0172. The first-order valence-corrected chi connectivity index (χ1v) is 5.74. The molecule has 4 N–H and O–H groups in total. The van der Waals surface area contributed by atoms with Gasteiger partial charge in [-0.05, 0) is 36.8 Å². The maximum Gasteiger partial charge on any atom is 0.335 e. The minimum Gasteiger partial charge on any atom is -0.478 e. The molecule has 2 aromatic carbocycles. The summed E-state index contributed by atoms with van der Waals surface area (Å²) in [7, 11) is 0. The van der Waals surface area contributed by atoms with Crippen molar-refractivity contribution in [2.75, 3.05) is 11.1 Å². The maximum atomic E-state index is 13.7. The number of aryl methyl sites for hydroxylation is 1. The first-order valence-electron chi connectivity index (χ1n) is 5.74. The van der Waals surface area contributed by atoms with Crippen LogP contribution in [0.3, 0.4) is 0 Å². The molecular formula is C14H12F2N2O2. The molecule has 0 aliphatic carbocycles. The van der Waals surface area contributed by atoms with Gasteiger partial charge in [0.25, 0.3) is 0 Å². The molecule has 0 radical (unpaired) electrons. The van der Waals surface area contributed by atoms with Gasteiger partial charge in [-0.15, -0.1) is 0 Å². The van der Waals surface area contributed by atoms with Crippen LogP contribution in [0.4, 0.5) is 25.8 Å². The summed E-state index contributed by atoms with van der Waals surface area (Å²) < 4.78 is 27.1. The van der Waals surface area contributed by atoms with E-state index in [1.54, 1.807) is 0 Å². The van der Waals surface area contributed by atoms with Gasteiger partial charge in [0.1, 0.15) is 11.6 Å². The Hall–Kier alpha value is -2.63. The lowest BCUT2D eigenvalue weighted by Crippen LogP contribution is -2.03. The van der Waals surface area contributed by atoms with Crippen LogP contribution in [-0.4, -0.2) is 11.1 Å². The molecule has 0 saturated carbocycles. The fraction of sp³-hybridized carbons (Fsp3) is 0.0714. The first-order chi connectivity index (χ1) is 9.38. The molecule has 0 fully saturated rings. The van der Waals surface area contributed by atoms with Crippen molar-refractivity contribution in [3.05, 3.63) is 53.1 Å². The third-order valence-electron chi connectivity index (χ3n) is 2.82. The third-order valence-corrected chi connectivity index (χ3v) is 2.82. The average molecular weight is 278 g/mol. The topological polar surface area (TPSA) is 75.3 Å². The number of carboxylic acid groups (broad SMARTS) is 1. The molecule has 104 valence electrons. The number of nitrogens with one attached hydrogen (secondary N) is 1. The predicted molar refractivity (Wildman–Crippen MR) is 72.2 cm³/mol. The van der Waals surface area contributed by atoms with Crippen LogP contribution in [0, 0.1) is 18.6 Å². The fourth-order valence-electron chi connectivity index (χ4n) is 1.70. The van der Waals surface area contributed by atoms with Gasteiger partial charge >= 0.3 is 5.97 Å². The second kappa shape index (κ2) is 5.16. The van der Waals surface area contributed by atoms with E-state index in [-0.39, 0.29) is 22.5 Å². The highest BCUT2D eigenvalue weighted by molar-refractivity contribution is 5.90. The van der Waals surface area contributed by atoms with Gasteiger partial charge in [-0.1, -0.05) is 0 Å². The Kier molecular flexibility index (Phi) is 3.56. The lowest BCUT2D eigenvalue weighted by atomic mass is 10.1. The molecule has 0 amide bonds. The van der Waals surface area contributed by atoms with Crippen molar-refractivity contribution in [2.24, 2.45) is 0 Å². The fourth-order valence-corrected chi connectivity index (χ4v) is 1.70. The Morgan fingerprint density at radius 2 is 1.85 bits per heavy atom. The van der Waals surface area contributed by atoms with Gasteiger partial charge in [-0.2, -0.15) is 0 Å². The van der Waals surface area contributed by atoms with Crippen LogP contribution < -0.4 is 11.1 Å². The van der Waals surface area contributed by atoms with Crippen LogP contribution in [0.1, 0.15) is 15.9 Å². The number of benzene rings is 2. The van der Waals surface area contributed by atoms with Gasteiger partial charge in [0.2, 0.25) is 0 Å². The largest absolute Gasteiger partial charge is 0.478 e. The number of rotatable bonds is 3. The highest BCUT2D eigenvalue weighted by Gasteiger charge is 2.10. The lowest BCUT2D eigenvalue weighted by molar-refractivity contribution is 0.0697. The van der Waals surface area contributed by atoms with Crippen molar-refractivity contribution in [1.82, 2.24) is 0 Å². The number of carbonyl (C=O) groups is 1. The molecule has 0 saturated heterocycles. The molecule has 2 aromatic rings. The third kappa shape index (κ3) is 2.69. The van der Waals surface area contributed by atoms with Gasteiger partial charge in [0.15, 0.2) is 0 Å². The molecule has 0 atom stereocenters. The summed E-state index contributed by atoms with van der Waals surface area (Å²) in [5.74, 6) is -2.28. The number of halogens is 2. The molecule has 0 spiro atoms. The average Bonchev–Trinajstić information content (AvgIpc) is 2.37. The summed E-state index contributed by atoms with van der Waals surface area (Å²) in [6.45, 7) is 1.46. The van der Waals surface area contributed by atoms with E-state index in [4.69, 9.17) is 10.8 Å². The Labute approximate surface area is 113 Å². The van der Waals surface area contributed by atoms with E-state index in [2.05, 4.69) is 5.32 Å². The molecule has 0 unspecified atom stereocenters. The van der Waals surface area contributed by atoms with Crippen molar-refractivity contribution in [3.8, 4) is 0 Å². The van der Waals surface area contributed by atoms with Crippen LogP contribution in [0.25, 0.3) is 0 Å². The molecular weight excluding hydrogens is 266 g/mol. The van der Waals surface area contributed by atoms with E-state index in [9.17, 15) is 13.6 Å². The molecule has 4 nitrogen and oxygen atoms in total. The summed E-state index contributed by atoms with van der Waals surface area (Å²) >= 11 is 0. The summed E-state index contributed by atoms with van der Waals surface area (Å²) in [5, 5.41) is 11.5. The highest BCUT2D eigenvalue weighted by atomic mass is 19.1. The molecule has 0 aliphatic heterocycles. The zero-order chi connectivity index (χ0) is 14.9. The minimum atomic E-state index is -1.11. The molecule has 0 heterocycles. The van der Waals surface area contributed by atoms with Gasteiger partial charge in [0, 0.05) is 6.07 Å². The van der Waals surface area contributed by atoms with Crippen LogP contribution in [0.15, 0.2) is 30.3 Å². The Bertz CT molecular complexity index is 687. The SMILES string of the molecule is Cc1cc(F)c(Nc2ccc(C(=O)O)cc2N)cc1F. The standard InChI is InChI=1S/C14H12F2N2O2/c1-7-4-10(16)13(6-9(7)15)18-12-3-2-8(14(19)20)5-11(12)17/h2-6,18H,17H2,1H3,(H,19,20). The number of nitrogens with two attached hydrogens (primary N) is 1. The van der Waals surface area contributed by atoms with E-state index in [1.165, 1.54) is 25.1 Å². The van der Waals surface area contributed by atoms with Crippen LogP contribution in [-0.2, 0) is 0 Å². The van der Waals surface area contributed by atoms with Crippen LogP contribution in [0.5, 0.6) is 0 Å². The number of hydrogen-bond donors (Lipinski definition) is 3. The van der Waals surface area contributed by atoms with Crippen molar-refractivity contribution in [2.45, 2.75) is 6.92 Å².